The normalized spacial score (nSPS) is 16.7. The average Bonchev–Trinajstić information content (AvgIpc) is 3.34. The van der Waals surface area contributed by atoms with Crippen molar-refractivity contribution >= 4 is 22.7 Å². The molecule has 0 saturated carbocycles. The van der Waals surface area contributed by atoms with Crippen LogP contribution < -0.4 is 11.2 Å². The number of hydrogen-bond donors (Lipinski definition) is 3. The van der Waals surface area contributed by atoms with Crippen LogP contribution >= 0.6 is 0 Å². The smallest absolute Gasteiger partial charge is 0.293 e. The quantitative estimate of drug-likeness (QED) is 0.409. The van der Waals surface area contributed by atoms with Gasteiger partial charge in [-0.1, -0.05) is 6.07 Å². The van der Waals surface area contributed by atoms with Gasteiger partial charge in [-0.2, -0.15) is 0 Å². The minimum Gasteiger partial charge on any atom is -0.368 e. The van der Waals surface area contributed by atoms with Crippen LogP contribution in [0, 0.1) is 11.6 Å². The Morgan fingerprint density at radius 3 is 2.74 bits per heavy atom. The van der Waals surface area contributed by atoms with E-state index in [1.54, 1.807) is 16.2 Å². The van der Waals surface area contributed by atoms with E-state index in [0.717, 1.165) is 18.1 Å². The molecule has 31 heavy (non-hydrogen) atoms. The molecule has 0 spiro atoms. The van der Waals surface area contributed by atoms with Crippen molar-refractivity contribution in [1.82, 2.24) is 19.9 Å². The Morgan fingerprint density at radius 1 is 1.23 bits per heavy atom. The largest absolute Gasteiger partial charge is 0.368 e. The molecule has 1 aliphatic heterocycles. The zero-order valence-electron chi connectivity index (χ0n) is 16.5. The lowest BCUT2D eigenvalue weighted by Crippen LogP contribution is -2.39. The van der Waals surface area contributed by atoms with Gasteiger partial charge in [-0.3, -0.25) is 19.7 Å². The lowest BCUT2D eigenvalue weighted by atomic mass is 10.1. The van der Waals surface area contributed by atoms with Crippen molar-refractivity contribution in [2.24, 2.45) is 5.73 Å². The first-order chi connectivity index (χ1) is 14.9. The van der Waals surface area contributed by atoms with Crippen LogP contribution in [0.15, 0.2) is 36.7 Å². The summed E-state index contributed by atoms with van der Waals surface area (Å²) in [5, 5.41) is 9.60. The third-order valence-corrected chi connectivity index (χ3v) is 5.61. The molecule has 2 amide bonds. The van der Waals surface area contributed by atoms with E-state index in [1.807, 2.05) is 4.90 Å². The average molecular weight is 429 g/mol. The molecule has 1 fully saturated rings. The van der Waals surface area contributed by atoms with Crippen molar-refractivity contribution < 1.29 is 23.6 Å². The number of rotatable bonds is 6. The molecule has 3 heterocycles. The van der Waals surface area contributed by atoms with Crippen LogP contribution in [0.25, 0.3) is 10.9 Å². The fraction of sp³-hybridized carbons (Fsp3) is 0.286. The van der Waals surface area contributed by atoms with Gasteiger partial charge in [0.2, 0.25) is 5.91 Å². The molecule has 0 bridgehead atoms. The number of nitrogens with one attached hydrogen (secondary N) is 1. The van der Waals surface area contributed by atoms with Gasteiger partial charge in [-0.15, -0.1) is 0 Å². The number of aromatic nitrogens is 2. The third-order valence-electron chi connectivity index (χ3n) is 5.61. The van der Waals surface area contributed by atoms with E-state index in [2.05, 4.69) is 4.98 Å². The van der Waals surface area contributed by atoms with Crippen LogP contribution in [0.4, 0.5) is 8.78 Å². The molecule has 0 aliphatic carbocycles. The number of carbonyl (C=O) groups is 2. The van der Waals surface area contributed by atoms with Crippen LogP contribution in [0.5, 0.6) is 0 Å². The highest BCUT2D eigenvalue weighted by Crippen LogP contribution is 2.27. The molecule has 1 aromatic carbocycles. The lowest BCUT2D eigenvalue weighted by Gasteiger charge is -2.21. The number of primary amides is 1. The molecule has 0 radical (unpaired) electrons. The second kappa shape index (κ2) is 8.40. The number of benzene rings is 1. The number of hydroxylamine groups is 1. The topological polar surface area (TPSA) is 113 Å². The number of nitrogens with two attached hydrogens (primary N) is 1. The maximum Gasteiger partial charge on any atom is 0.293 e. The van der Waals surface area contributed by atoms with Gasteiger partial charge >= 0.3 is 0 Å². The van der Waals surface area contributed by atoms with E-state index >= 15 is 0 Å². The highest BCUT2D eigenvalue weighted by Gasteiger charge is 2.29. The number of fused-ring (bicyclic) bond motifs is 1. The molecule has 162 valence electrons. The molecule has 3 aromatic rings. The van der Waals surface area contributed by atoms with Gasteiger partial charge in [-0.25, -0.2) is 19.2 Å². The standard InChI is InChI=1S/C21H21F2N5O3/c22-14-4-3-12(16(23)6-14)9-28-11-13(10-27-5-1-2-18(27)20(24)29)15-7-17(21(30)26-31)25-8-19(15)28/h3-4,6-8,11,18,31H,1-2,5,9-10H2,(H2,24,29)(H,26,30). The second-order valence-electron chi connectivity index (χ2n) is 7.58. The molecule has 4 N–H and O–H groups in total. The Kier molecular flexibility index (Phi) is 5.66. The first-order valence-corrected chi connectivity index (χ1v) is 9.77. The Bertz CT molecular complexity index is 1160. The number of hydrogen-bond acceptors (Lipinski definition) is 5. The van der Waals surface area contributed by atoms with E-state index in [0.29, 0.717) is 36.0 Å². The van der Waals surface area contributed by atoms with Crippen molar-refractivity contribution in [3.05, 3.63) is 65.1 Å². The Labute approximate surface area is 176 Å². The van der Waals surface area contributed by atoms with Gasteiger partial charge in [0.05, 0.1) is 24.3 Å². The van der Waals surface area contributed by atoms with Gasteiger partial charge in [0.15, 0.2) is 0 Å². The van der Waals surface area contributed by atoms with Crippen molar-refractivity contribution in [2.75, 3.05) is 6.54 Å². The van der Waals surface area contributed by atoms with Crippen LogP contribution in [0.3, 0.4) is 0 Å². The van der Waals surface area contributed by atoms with Crippen LogP contribution in [-0.4, -0.2) is 44.1 Å². The van der Waals surface area contributed by atoms with E-state index in [4.69, 9.17) is 10.9 Å². The molecule has 8 nitrogen and oxygen atoms in total. The monoisotopic (exact) mass is 429 g/mol. The zero-order chi connectivity index (χ0) is 22.1. The summed E-state index contributed by atoms with van der Waals surface area (Å²) in [5.41, 5.74) is 8.80. The summed E-state index contributed by atoms with van der Waals surface area (Å²) in [5.74, 6) is -2.48. The van der Waals surface area contributed by atoms with Gasteiger partial charge in [-0.05, 0) is 37.1 Å². The molecule has 4 rings (SSSR count). The third kappa shape index (κ3) is 4.12. The highest BCUT2D eigenvalue weighted by molar-refractivity contribution is 5.96. The number of halogens is 2. The Balaban J connectivity index is 1.76. The predicted octanol–water partition coefficient (Wildman–Crippen LogP) is 1.93. The fourth-order valence-electron chi connectivity index (χ4n) is 4.09. The number of carbonyl (C=O) groups excluding carboxylic acids is 2. The summed E-state index contributed by atoms with van der Waals surface area (Å²) in [4.78, 5) is 29.6. The molecular formula is C21H21F2N5O3. The summed E-state index contributed by atoms with van der Waals surface area (Å²) in [6.45, 7) is 1.21. The van der Waals surface area contributed by atoms with E-state index < -0.39 is 23.4 Å². The van der Waals surface area contributed by atoms with Gasteiger partial charge < -0.3 is 10.3 Å². The molecule has 2 aromatic heterocycles. The highest BCUT2D eigenvalue weighted by atomic mass is 19.1. The molecular weight excluding hydrogens is 408 g/mol. The minimum atomic E-state index is -0.763. The van der Waals surface area contributed by atoms with Crippen LogP contribution in [0.1, 0.15) is 34.5 Å². The number of nitrogens with zero attached hydrogens (tertiary/aromatic N) is 3. The first kappa shape index (κ1) is 20.9. The maximum atomic E-state index is 14.2. The summed E-state index contributed by atoms with van der Waals surface area (Å²) in [7, 11) is 0. The van der Waals surface area contributed by atoms with Crippen molar-refractivity contribution in [2.45, 2.75) is 32.0 Å². The van der Waals surface area contributed by atoms with Crippen LogP contribution in [0.2, 0.25) is 0 Å². The van der Waals surface area contributed by atoms with Gasteiger partial charge in [0, 0.05) is 29.8 Å². The SMILES string of the molecule is NC(=O)C1CCCN1Cc1cn(Cc2ccc(F)cc2F)c2cnc(C(=O)NO)cc12. The van der Waals surface area contributed by atoms with Crippen molar-refractivity contribution in [1.29, 1.82) is 0 Å². The van der Waals surface area contributed by atoms with Crippen molar-refractivity contribution in [3.63, 3.8) is 0 Å². The molecule has 1 unspecified atom stereocenters. The molecule has 1 aliphatic rings. The summed E-state index contributed by atoms with van der Waals surface area (Å²) >= 11 is 0. The zero-order valence-corrected chi connectivity index (χ0v) is 16.5. The number of likely N-dealkylation sites (tertiary alicyclic amines) is 1. The lowest BCUT2D eigenvalue weighted by molar-refractivity contribution is -0.122. The Morgan fingerprint density at radius 2 is 2.03 bits per heavy atom. The summed E-state index contributed by atoms with van der Waals surface area (Å²) < 4.78 is 29.2. The van der Waals surface area contributed by atoms with E-state index in [1.165, 1.54) is 24.4 Å². The molecule has 1 atom stereocenters. The van der Waals surface area contributed by atoms with Crippen LogP contribution in [-0.2, 0) is 17.9 Å². The first-order valence-electron chi connectivity index (χ1n) is 9.77. The fourth-order valence-corrected chi connectivity index (χ4v) is 4.09. The van der Waals surface area contributed by atoms with Gasteiger partial charge in [0.25, 0.3) is 5.91 Å². The predicted molar refractivity (Wildman–Crippen MR) is 107 cm³/mol. The summed E-state index contributed by atoms with van der Waals surface area (Å²) in [6, 6.07) is 4.54. The molecule has 1 saturated heterocycles. The van der Waals surface area contributed by atoms with E-state index in [9.17, 15) is 18.4 Å². The van der Waals surface area contributed by atoms with E-state index in [-0.39, 0.29) is 18.3 Å². The number of pyridine rings is 1. The minimum absolute atomic E-state index is 0.00911. The molecule has 10 heteroatoms. The van der Waals surface area contributed by atoms with Crippen molar-refractivity contribution in [3.8, 4) is 0 Å². The number of amides is 2. The summed E-state index contributed by atoms with van der Waals surface area (Å²) in [6.07, 6.45) is 4.77. The second-order valence-corrected chi connectivity index (χ2v) is 7.58. The maximum absolute atomic E-state index is 14.2. The van der Waals surface area contributed by atoms with Gasteiger partial charge in [0.1, 0.15) is 17.3 Å². The Hall–Kier alpha value is -3.37.